The van der Waals surface area contributed by atoms with E-state index in [1.807, 2.05) is 12.1 Å². The Kier molecular flexibility index (Phi) is 5.13. The molecule has 2 heteroatoms. The third-order valence-electron chi connectivity index (χ3n) is 2.54. The van der Waals surface area contributed by atoms with Gasteiger partial charge in [0, 0.05) is 11.1 Å². The van der Waals surface area contributed by atoms with Gasteiger partial charge in [-0.15, -0.1) is 0 Å². The van der Waals surface area contributed by atoms with Crippen molar-refractivity contribution in [2.45, 2.75) is 33.2 Å². The first-order valence-electron chi connectivity index (χ1n) is 5.58. The van der Waals surface area contributed by atoms with E-state index in [9.17, 15) is 0 Å². The van der Waals surface area contributed by atoms with Gasteiger partial charge in [-0.25, -0.2) is 0 Å². The SMILES string of the molecule is CC(C)CCN[C@H](C)c1ccc(Cl)cc1. The summed E-state index contributed by atoms with van der Waals surface area (Å²) < 4.78 is 0. The molecule has 1 atom stereocenters. The Balaban J connectivity index is 2.40. The first kappa shape index (κ1) is 12.5. The molecule has 0 radical (unpaired) electrons. The van der Waals surface area contributed by atoms with Gasteiger partial charge in [-0.3, -0.25) is 0 Å². The van der Waals surface area contributed by atoms with Crippen LogP contribution in [0.4, 0.5) is 0 Å². The van der Waals surface area contributed by atoms with Crippen molar-refractivity contribution in [1.82, 2.24) is 5.32 Å². The van der Waals surface area contributed by atoms with E-state index in [0.29, 0.717) is 6.04 Å². The number of nitrogens with one attached hydrogen (secondary N) is 1. The minimum absolute atomic E-state index is 0.404. The van der Waals surface area contributed by atoms with Gasteiger partial charge in [0.25, 0.3) is 0 Å². The summed E-state index contributed by atoms with van der Waals surface area (Å²) in [6.07, 6.45) is 1.22. The van der Waals surface area contributed by atoms with Gasteiger partial charge < -0.3 is 5.32 Å². The first-order valence-corrected chi connectivity index (χ1v) is 5.96. The smallest absolute Gasteiger partial charge is 0.0406 e. The van der Waals surface area contributed by atoms with Crippen LogP contribution in [0.5, 0.6) is 0 Å². The molecule has 0 aromatic heterocycles. The molecule has 1 rings (SSSR count). The molecule has 0 fully saturated rings. The van der Waals surface area contributed by atoms with Crippen molar-refractivity contribution in [2.24, 2.45) is 5.92 Å². The number of rotatable bonds is 5. The van der Waals surface area contributed by atoms with Gasteiger partial charge in [0.1, 0.15) is 0 Å². The van der Waals surface area contributed by atoms with Gasteiger partial charge in [0.05, 0.1) is 0 Å². The summed E-state index contributed by atoms with van der Waals surface area (Å²) in [7, 11) is 0. The van der Waals surface area contributed by atoms with Gasteiger partial charge in [0.2, 0.25) is 0 Å². The van der Waals surface area contributed by atoms with Crippen LogP contribution < -0.4 is 5.32 Å². The molecule has 1 aromatic rings. The maximum absolute atomic E-state index is 5.84. The van der Waals surface area contributed by atoms with Crippen LogP contribution in [-0.2, 0) is 0 Å². The van der Waals surface area contributed by atoms with Gasteiger partial charge in [-0.05, 0) is 43.5 Å². The normalized spacial score (nSPS) is 13.1. The molecule has 1 nitrogen and oxygen atoms in total. The molecule has 0 aliphatic rings. The van der Waals surface area contributed by atoms with Gasteiger partial charge in [-0.1, -0.05) is 37.6 Å². The van der Waals surface area contributed by atoms with Crippen LogP contribution in [-0.4, -0.2) is 6.54 Å². The molecule has 0 amide bonds. The van der Waals surface area contributed by atoms with Crippen LogP contribution in [0.1, 0.15) is 38.8 Å². The molecule has 0 bridgehead atoms. The van der Waals surface area contributed by atoms with Crippen molar-refractivity contribution >= 4 is 11.6 Å². The molecule has 0 aliphatic heterocycles. The summed E-state index contributed by atoms with van der Waals surface area (Å²) in [5.74, 6) is 0.759. The van der Waals surface area contributed by atoms with Crippen LogP contribution >= 0.6 is 11.6 Å². The molecule has 84 valence electrons. The zero-order chi connectivity index (χ0) is 11.3. The maximum Gasteiger partial charge on any atom is 0.0406 e. The summed E-state index contributed by atoms with van der Waals surface area (Å²) in [5, 5.41) is 4.31. The van der Waals surface area contributed by atoms with Crippen molar-refractivity contribution < 1.29 is 0 Å². The first-order chi connectivity index (χ1) is 7.09. The van der Waals surface area contributed by atoms with E-state index >= 15 is 0 Å². The third kappa shape index (κ3) is 4.67. The Labute approximate surface area is 97.8 Å². The number of halogens is 1. The zero-order valence-electron chi connectivity index (χ0n) is 9.76. The number of hydrogen-bond donors (Lipinski definition) is 1. The van der Waals surface area contributed by atoms with E-state index in [2.05, 4.69) is 38.2 Å². The second kappa shape index (κ2) is 6.14. The van der Waals surface area contributed by atoms with E-state index in [1.165, 1.54) is 12.0 Å². The van der Waals surface area contributed by atoms with Crippen molar-refractivity contribution in [3.8, 4) is 0 Å². The third-order valence-corrected chi connectivity index (χ3v) is 2.79. The van der Waals surface area contributed by atoms with E-state index in [0.717, 1.165) is 17.5 Å². The lowest BCUT2D eigenvalue weighted by molar-refractivity contribution is 0.497. The lowest BCUT2D eigenvalue weighted by Crippen LogP contribution is -2.20. The monoisotopic (exact) mass is 225 g/mol. The van der Waals surface area contributed by atoms with E-state index in [1.54, 1.807) is 0 Å². The predicted octanol–water partition coefficient (Wildman–Crippen LogP) is 4.04. The Morgan fingerprint density at radius 2 is 1.73 bits per heavy atom. The van der Waals surface area contributed by atoms with Crippen LogP contribution in [0.25, 0.3) is 0 Å². The highest BCUT2D eigenvalue weighted by molar-refractivity contribution is 6.30. The average Bonchev–Trinajstić information content (AvgIpc) is 2.18. The predicted molar refractivity (Wildman–Crippen MR) is 67.3 cm³/mol. The molecule has 1 N–H and O–H groups in total. The highest BCUT2D eigenvalue weighted by Crippen LogP contribution is 2.16. The summed E-state index contributed by atoms with van der Waals surface area (Å²) >= 11 is 5.84. The standard InChI is InChI=1S/C13H20ClN/c1-10(2)8-9-15-11(3)12-4-6-13(14)7-5-12/h4-7,10-11,15H,8-9H2,1-3H3/t11-/m1/s1. The lowest BCUT2D eigenvalue weighted by Gasteiger charge is -2.15. The second-order valence-corrected chi connectivity index (χ2v) is 4.85. The molecule has 0 heterocycles. The highest BCUT2D eigenvalue weighted by atomic mass is 35.5. The molecule has 0 spiro atoms. The minimum atomic E-state index is 0.404. The molecule has 15 heavy (non-hydrogen) atoms. The average molecular weight is 226 g/mol. The molecular weight excluding hydrogens is 206 g/mol. The summed E-state index contributed by atoms with van der Waals surface area (Å²) in [5.41, 5.74) is 1.29. The molecule has 0 saturated heterocycles. The van der Waals surface area contributed by atoms with Gasteiger partial charge in [0.15, 0.2) is 0 Å². The summed E-state index contributed by atoms with van der Waals surface area (Å²) in [6, 6.07) is 8.45. The minimum Gasteiger partial charge on any atom is -0.310 e. The van der Waals surface area contributed by atoms with Crippen molar-refractivity contribution in [1.29, 1.82) is 0 Å². The molecule has 0 unspecified atom stereocenters. The zero-order valence-corrected chi connectivity index (χ0v) is 10.5. The summed E-state index contributed by atoms with van der Waals surface area (Å²) in [6.45, 7) is 7.74. The Bertz CT molecular complexity index is 279. The fourth-order valence-corrected chi connectivity index (χ4v) is 1.58. The van der Waals surface area contributed by atoms with Crippen molar-refractivity contribution in [2.75, 3.05) is 6.54 Å². The van der Waals surface area contributed by atoms with Crippen LogP contribution in [0.2, 0.25) is 5.02 Å². The quantitative estimate of drug-likeness (QED) is 0.798. The fraction of sp³-hybridized carbons (Fsp3) is 0.538. The molecule has 0 saturated carbocycles. The Morgan fingerprint density at radius 3 is 2.27 bits per heavy atom. The Morgan fingerprint density at radius 1 is 1.13 bits per heavy atom. The van der Waals surface area contributed by atoms with Crippen LogP contribution in [0.3, 0.4) is 0 Å². The number of hydrogen-bond acceptors (Lipinski definition) is 1. The van der Waals surface area contributed by atoms with Crippen molar-refractivity contribution in [3.05, 3.63) is 34.9 Å². The van der Waals surface area contributed by atoms with Crippen LogP contribution in [0.15, 0.2) is 24.3 Å². The van der Waals surface area contributed by atoms with E-state index < -0.39 is 0 Å². The fourth-order valence-electron chi connectivity index (χ4n) is 1.46. The second-order valence-electron chi connectivity index (χ2n) is 4.41. The number of benzene rings is 1. The highest BCUT2D eigenvalue weighted by Gasteiger charge is 2.04. The van der Waals surface area contributed by atoms with E-state index in [-0.39, 0.29) is 0 Å². The van der Waals surface area contributed by atoms with Gasteiger partial charge >= 0.3 is 0 Å². The van der Waals surface area contributed by atoms with Gasteiger partial charge in [-0.2, -0.15) is 0 Å². The largest absolute Gasteiger partial charge is 0.310 e. The maximum atomic E-state index is 5.84. The van der Waals surface area contributed by atoms with Crippen molar-refractivity contribution in [3.63, 3.8) is 0 Å². The van der Waals surface area contributed by atoms with E-state index in [4.69, 9.17) is 11.6 Å². The summed E-state index contributed by atoms with van der Waals surface area (Å²) in [4.78, 5) is 0. The molecule has 0 aliphatic carbocycles. The Hall–Kier alpha value is -0.530. The molecule has 1 aromatic carbocycles. The topological polar surface area (TPSA) is 12.0 Å². The lowest BCUT2D eigenvalue weighted by atomic mass is 10.1. The molecular formula is C13H20ClN. The van der Waals surface area contributed by atoms with Crippen LogP contribution in [0, 0.1) is 5.92 Å².